The predicted molar refractivity (Wildman–Crippen MR) is 111 cm³/mol. The highest BCUT2D eigenvalue weighted by molar-refractivity contribution is 6.30. The normalized spacial score (nSPS) is 16.8. The first-order valence-corrected chi connectivity index (χ1v) is 9.38. The van der Waals surface area contributed by atoms with Crippen LogP contribution in [0, 0.1) is 0 Å². The molecule has 0 radical (unpaired) electrons. The van der Waals surface area contributed by atoms with Crippen molar-refractivity contribution in [1.82, 2.24) is 5.32 Å². The van der Waals surface area contributed by atoms with Crippen LogP contribution in [0.3, 0.4) is 0 Å². The monoisotopic (exact) mass is 408 g/mol. The lowest BCUT2D eigenvalue weighted by molar-refractivity contribution is -0.122. The van der Waals surface area contributed by atoms with Gasteiger partial charge >= 0.3 is 0 Å². The number of hydrogen-bond donors (Lipinski definition) is 2. The molecule has 0 saturated carbocycles. The molecule has 1 aliphatic heterocycles. The van der Waals surface area contributed by atoms with Crippen LogP contribution in [0.5, 0.6) is 0 Å². The third kappa shape index (κ3) is 5.69. The minimum absolute atomic E-state index is 0. The zero-order valence-corrected chi connectivity index (χ0v) is 16.8. The molecule has 1 atom stereocenters. The molecular formula is C21H26Cl2N2O2. The Hall–Kier alpha value is -1.59. The van der Waals surface area contributed by atoms with Gasteiger partial charge in [-0.25, -0.2) is 0 Å². The van der Waals surface area contributed by atoms with E-state index in [1.807, 2.05) is 42.5 Å². The smallest absolute Gasteiger partial charge is 0.221 e. The molecule has 1 fully saturated rings. The van der Waals surface area contributed by atoms with Crippen molar-refractivity contribution in [2.75, 3.05) is 19.8 Å². The zero-order valence-electron chi connectivity index (χ0n) is 15.2. The molecule has 6 heteroatoms. The minimum Gasteiger partial charge on any atom is -0.381 e. The van der Waals surface area contributed by atoms with Crippen LogP contribution in [0.2, 0.25) is 5.02 Å². The standard InChI is InChI=1S/C21H25ClN2O2.ClH/c22-18-8-6-17(7-9-18)21(10-12-26-13-11-21)15-24-20(25)14-19(23)16-4-2-1-3-5-16;/h1-9,19H,10-15,23H2,(H,24,25);1H. The highest BCUT2D eigenvalue weighted by Crippen LogP contribution is 2.35. The Bertz CT molecular complexity index is 717. The lowest BCUT2D eigenvalue weighted by Crippen LogP contribution is -2.45. The van der Waals surface area contributed by atoms with Gasteiger partial charge in [0.15, 0.2) is 0 Å². The summed E-state index contributed by atoms with van der Waals surface area (Å²) in [6.07, 6.45) is 2.02. The third-order valence-corrected chi connectivity index (χ3v) is 5.42. The van der Waals surface area contributed by atoms with E-state index in [-0.39, 0.29) is 36.2 Å². The molecule has 1 heterocycles. The van der Waals surface area contributed by atoms with Crippen LogP contribution in [0.25, 0.3) is 0 Å². The third-order valence-electron chi connectivity index (χ3n) is 5.16. The molecule has 3 N–H and O–H groups in total. The Morgan fingerprint density at radius 3 is 2.37 bits per heavy atom. The molecule has 4 nitrogen and oxygen atoms in total. The fourth-order valence-electron chi connectivity index (χ4n) is 3.49. The Morgan fingerprint density at radius 2 is 1.74 bits per heavy atom. The van der Waals surface area contributed by atoms with E-state index < -0.39 is 0 Å². The summed E-state index contributed by atoms with van der Waals surface area (Å²) in [7, 11) is 0. The van der Waals surface area contributed by atoms with E-state index in [4.69, 9.17) is 22.1 Å². The number of nitrogens with two attached hydrogens (primary N) is 1. The molecule has 3 rings (SSSR count). The van der Waals surface area contributed by atoms with Gasteiger partial charge in [-0.05, 0) is 36.1 Å². The molecular weight excluding hydrogens is 383 g/mol. The molecule has 2 aromatic rings. The van der Waals surface area contributed by atoms with Crippen molar-refractivity contribution in [3.8, 4) is 0 Å². The van der Waals surface area contributed by atoms with Crippen LogP contribution in [0.1, 0.15) is 36.4 Å². The second kappa shape index (κ2) is 10.1. The number of nitrogens with one attached hydrogen (secondary N) is 1. The van der Waals surface area contributed by atoms with E-state index in [1.165, 1.54) is 5.56 Å². The largest absolute Gasteiger partial charge is 0.381 e. The van der Waals surface area contributed by atoms with Gasteiger partial charge in [0.25, 0.3) is 0 Å². The SMILES string of the molecule is Cl.NC(CC(=O)NCC1(c2ccc(Cl)cc2)CCOCC1)c1ccccc1. The average Bonchev–Trinajstić information content (AvgIpc) is 2.68. The van der Waals surface area contributed by atoms with Crippen molar-refractivity contribution in [3.05, 3.63) is 70.7 Å². The number of ether oxygens (including phenoxy) is 1. The van der Waals surface area contributed by atoms with E-state index >= 15 is 0 Å². The lowest BCUT2D eigenvalue weighted by Gasteiger charge is -2.38. The number of carbonyl (C=O) groups is 1. The highest BCUT2D eigenvalue weighted by Gasteiger charge is 2.34. The van der Waals surface area contributed by atoms with Gasteiger partial charge in [0.2, 0.25) is 5.91 Å². The van der Waals surface area contributed by atoms with Crippen molar-refractivity contribution in [2.24, 2.45) is 5.73 Å². The molecule has 27 heavy (non-hydrogen) atoms. The van der Waals surface area contributed by atoms with E-state index in [9.17, 15) is 4.79 Å². The molecule has 1 aliphatic rings. The summed E-state index contributed by atoms with van der Waals surface area (Å²) in [5.41, 5.74) is 8.22. The summed E-state index contributed by atoms with van der Waals surface area (Å²) in [6.45, 7) is 1.97. The van der Waals surface area contributed by atoms with Crippen LogP contribution in [0.4, 0.5) is 0 Å². The molecule has 0 aliphatic carbocycles. The number of benzene rings is 2. The molecule has 1 saturated heterocycles. The molecule has 2 aromatic carbocycles. The fraction of sp³-hybridized carbons (Fsp3) is 0.381. The van der Waals surface area contributed by atoms with Gasteiger partial charge in [-0.15, -0.1) is 12.4 Å². The summed E-state index contributed by atoms with van der Waals surface area (Å²) >= 11 is 6.03. The maximum Gasteiger partial charge on any atom is 0.221 e. The van der Waals surface area contributed by atoms with Crippen LogP contribution in [0.15, 0.2) is 54.6 Å². The second-order valence-electron chi connectivity index (χ2n) is 6.90. The Balaban J connectivity index is 0.00000261. The zero-order chi connectivity index (χ0) is 18.4. The first-order valence-electron chi connectivity index (χ1n) is 9.00. The summed E-state index contributed by atoms with van der Waals surface area (Å²) in [5, 5.41) is 3.82. The Labute approximate surface area is 171 Å². The van der Waals surface area contributed by atoms with Crippen molar-refractivity contribution < 1.29 is 9.53 Å². The average molecular weight is 409 g/mol. The number of amides is 1. The number of carbonyl (C=O) groups excluding carboxylic acids is 1. The quantitative estimate of drug-likeness (QED) is 0.758. The van der Waals surface area contributed by atoms with Crippen LogP contribution >= 0.6 is 24.0 Å². The first-order chi connectivity index (χ1) is 12.6. The maximum atomic E-state index is 12.5. The van der Waals surface area contributed by atoms with E-state index in [2.05, 4.69) is 17.4 Å². The first kappa shape index (κ1) is 21.7. The topological polar surface area (TPSA) is 64.4 Å². The van der Waals surface area contributed by atoms with Crippen LogP contribution < -0.4 is 11.1 Å². The molecule has 1 unspecified atom stereocenters. The van der Waals surface area contributed by atoms with E-state index in [1.54, 1.807) is 0 Å². The van der Waals surface area contributed by atoms with E-state index in [0.29, 0.717) is 24.8 Å². The predicted octanol–water partition coefficient (Wildman–Crippen LogP) is 4.02. The summed E-state index contributed by atoms with van der Waals surface area (Å²) in [5.74, 6) is -0.0267. The van der Waals surface area contributed by atoms with Gasteiger partial charge in [0.1, 0.15) is 0 Å². The van der Waals surface area contributed by atoms with Gasteiger partial charge < -0.3 is 15.8 Å². The van der Waals surface area contributed by atoms with Crippen LogP contribution in [-0.4, -0.2) is 25.7 Å². The van der Waals surface area contributed by atoms with Gasteiger partial charge in [0, 0.05) is 42.7 Å². The minimum atomic E-state index is -0.294. The number of hydrogen-bond acceptors (Lipinski definition) is 3. The van der Waals surface area contributed by atoms with E-state index in [0.717, 1.165) is 18.4 Å². The van der Waals surface area contributed by atoms with Crippen molar-refractivity contribution >= 4 is 29.9 Å². The summed E-state index contributed by atoms with van der Waals surface area (Å²) in [6, 6.07) is 17.3. The van der Waals surface area contributed by atoms with Gasteiger partial charge in [0.05, 0.1) is 0 Å². The lowest BCUT2D eigenvalue weighted by atomic mass is 9.74. The summed E-state index contributed by atoms with van der Waals surface area (Å²) < 4.78 is 5.54. The molecule has 146 valence electrons. The van der Waals surface area contributed by atoms with Crippen molar-refractivity contribution in [3.63, 3.8) is 0 Å². The fourth-order valence-corrected chi connectivity index (χ4v) is 3.62. The van der Waals surface area contributed by atoms with Gasteiger partial charge in [-0.3, -0.25) is 4.79 Å². The second-order valence-corrected chi connectivity index (χ2v) is 7.33. The van der Waals surface area contributed by atoms with Crippen molar-refractivity contribution in [1.29, 1.82) is 0 Å². The van der Waals surface area contributed by atoms with Gasteiger partial charge in [-0.2, -0.15) is 0 Å². The molecule has 1 amide bonds. The number of halogens is 2. The highest BCUT2D eigenvalue weighted by atomic mass is 35.5. The summed E-state index contributed by atoms with van der Waals surface area (Å²) in [4.78, 5) is 12.5. The number of rotatable bonds is 6. The Kier molecular flexibility index (Phi) is 8.11. The molecule has 0 spiro atoms. The van der Waals surface area contributed by atoms with Crippen molar-refractivity contribution in [2.45, 2.75) is 30.7 Å². The van der Waals surface area contributed by atoms with Gasteiger partial charge in [-0.1, -0.05) is 54.1 Å². The Morgan fingerprint density at radius 1 is 1.11 bits per heavy atom. The molecule has 0 aromatic heterocycles. The molecule has 0 bridgehead atoms. The maximum absolute atomic E-state index is 12.5. The van der Waals surface area contributed by atoms with Crippen LogP contribution in [-0.2, 0) is 14.9 Å².